The number of aromatic nitrogens is 1. The van der Waals surface area contributed by atoms with Crippen molar-refractivity contribution in [3.63, 3.8) is 0 Å². The summed E-state index contributed by atoms with van der Waals surface area (Å²) in [7, 11) is 3.60. The molecule has 1 fully saturated rings. The van der Waals surface area contributed by atoms with Gasteiger partial charge in [0, 0.05) is 38.5 Å². The van der Waals surface area contributed by atoms with Crippen molar-refractivity contribution in [3.8, 4) is 0 Å². The molecule has 1 aliphatic rings. The second kappa shape index (κ2) is 9.29. The van der Waals surface area contributed by atoms with Gasteiger partial charge >= 0.3 is 0 Å². The van der Waals surface area contributed by atoms with Gasteiger partial charge in [-0.15, -0.1) is 35.3 Å². The van der Waals surface area contributed by atoms with Gasteiger partial charge in [0.05, 0.1) is 17.2 Å². The van der Waals surface area contributed by atoms with Crippen molar-refractivity contribution in [1.82, 2.24) is 20.5 Å². The monoisotopic (exact) mass is 437 g/mol. The molecule has 0 radical (unpaired) electrons. The zero-order valence-electron chi connectivity index (χ0n) is 13.3. The molecule has 1 aliphatic heterocycles. The first-order valence-electron chi connectivity index (χ1n) is 7.26. The molecule has 2 rings (SSSR count). The van der Waals surface area contributed by atoms with Gasteiger partial charge < -0.3 is 15.5 Å². The van der Waals surface area contributed by atoms with Gasteiger partial charge in [-0.3, -0.25) is 9.79 Å². The second-order valence-corrected chi connectivity index (χ2v) is 6.11. The Balaban J connectivity index is 0.00000242. The third kappa shape index (κ3) is 5.38. The minimum Gasteiger partial charge on any atom is -0.352 e. The number of aliphatic imine (C=N–C) groups is 1. The van der Waals surface area contributed by atoms with Crippen LogP contribution in [-0.2, 0) is 17.8 Å². The van der Waals surface area contributed by atoms with E-state index in [1.807, 2.05) is 7.05 Å². The van der Waals surface area contributed by atoms with Gasteiger partial charge in [-0.1, -0.05) is 6.92 Å². The number of nitrogens with one attached hydrogen (secondary N) is 2. The molecule has 1 aromatic heterocycles. The van der Waals surface area contributed by atoms with E-state index in [1.165, 1.54) is 0 Å². The third-order valence-corrected chi connectivity index (χ3v) is 4.57. The fourth-order valence-electron chi connectivity index (χ4n) is 2.28. The highest BCUT2D eigenvalue weighted by atomic mass is 127. The number of piperidine rings is 1. The van der Waals surface area contributed by atoms with Crippen LogP contribution in [0.2, 0.25) is 0 Å². The third-order valence-electron chi connectivity index (χ3n) is 3.53. The number of halogens is 1. The van der Waals surface area contributed by atoms with E-state index in [2.05, 4.69) is 32.9 Å². The molecule has 124 valence electrons. The average Bonchev–Trinajstić information content (AvgIpc) is 2.95. The van der Waals surface area contributed by atoms with E-state index in [0.29, 0.717) is 13.0 Å². The summed E-state index contributed by atoms with van der Waals surface area (Å²) in [6.45, 7) is 3.49. The van der Waals surface area contributed by atoms with Crippen molar-refractivity contribution < 1.29 is 4.79 Å². The number of carbonyl (C=O) groups is 1. The maximum absolute atomic E-state index is 11.5. The van der Waals surface area contributed by atoms with E-state index in [0.717, 1.165) is 36.0 Å². The summed E-state index contributed by atoms with van der Waals surface area (Å²) in [6.07, 6.45) is 2.41. The van der Waals surface area contributed by atoms with E-state index < -0.39 is 0 Å². The van der Waals surface area contributed by atoms with Gasteiger partial charge in [0.25, 0.3) is 0 Å². The number of thiazole rings is 1. The van der Waals surface area contributed by atoms with E-state index in [1.54, 1.807) is 23.3 Å². The smallest absolute Gasteiger partial charge is 0.222 e. The molecule has 1 unspecified atom stereocenters. The molecule has 6 nitrogen and oxygen atoms in total. The molecular formula is C14H24IN5OS. The lowest BCUT2D eigenvalue weighted by atomic mass is 10.1. The van der Waals surface area contributed by atoms with Crippen molar-refractivity contribution >= 4 is 47.2 Å². The van der Waals surface area contributed by atoms with Gasteiger partial charge in [-0.25, -0.2) is 4.98 Å². The second-order valence-electron chi connectivity index (χ2n) is 5.17. The van der Waals surface area contributed by atoms with Gasteiger partial charge in [0.2, 0.25) is 5.91 Å². The number of nitrogens with zero attached hydrogens (tertiary/aromatic N) is 3. The average molecular weight is 437 g/mol. The van der Waals surface area contributed by atoms with Crippen molar-refractivity contribution in [1.29, 1.82) is 0 Å². The molecule has 2 N–H and O–H groups in total. The fourth-order valence-corrected chi connectivity index (χ4v) is 3.03. The molecular weight excluding hydrogens is 413 g/mol. The fraction of sp³-hybridized carbons (Fsp3) is 0.643. The number of hydrogen-bond donors (Lipinski definition) is 2. The first kappa shape index (κ1) is 19.1. The molecule has 0 aromatic carbocycles. The van der Waals surface area contributed by atoms with Crippen LogP contribution in [0.1, 0.15) is 30.5 Å². The molecule has 2 heterocycles. The predicted molar refractivity (Wildman–Crippen MR) is 101 cm³/mol. The van der Waals surface area contributed by atoms with Crippen LogP contribution in [0.15, 0.2) is 10.4 Å². The molecule has 22 heavy (non-hydrogen) atoms. The summed E-state index contributed by atoms with van der Waals surface area (Å²) in [6, 6.07) is 0.250. The summed E-state index contributed by atoms with van der Waals surface area (Å²) in [5, 5.41) is 9.87. The molecule has 1 aromatic rings. The lowest BCUT2D eigenvalue weighted by molar-refractivity contribution is -0.132. The molecule has 1 saturated heterocycles. The Morgan fingerprint density at radius 2 is 2.36 bits per heavy atom. The number of aryl methyl sites for hydroxylation is 1. The number of guanidine groups is 1. The van der Waals surface area contributed by atoms with Crippen molar-refractivity contribution in [3.05, 3.63) is 16.1 Å². The Bertz CT molecular complexity index is 519. The first-order chi connectivity index (χ1) is 10.1. The van der Waals surface area contributed by atoms with E-state index >= 15 is 0 Å². The topological polar surface area (TPSA) is 69.6 Å². The Hall–Kier alpha value is -0.900. The van der Waals surface area contributed by atoms with E-state index in [4.69, 9.17) is 0 Å². The highest BCUT2D eigenvalue weighted by Gasteiger charge is 2.23. The minimum absolute atomic E-state index is 0. The zero-order chi connectivity index (χ0) is 15.2. The molecule has 8 heteroatoms. The van der Waals surface area contributed by atoms with Crippen LogP contribution >= 0.6 is 35.3 Å². The minimum atomic E-state index is 0. The molecule has 1 atom stereocenters. The predicted octanol–water partition coefficient (Wildman–Crippen LogP) is 1.61. The highest BCUT2D eigenvalue weighted by Crippen LogP contribution is 2.11. The summed E-state index contributed by atoms with van der Waals surface area (Å²) in [5.41, 5.74) is 1.04. The van der Waals surface area contributed by atoms with Gasteiger partial charge in [0.1, 0.15) is 0 Å². The van der Waals surface area contributed by atoms with Crippen LogP contribution < -0.4 is 10.6 Å². The summed E-state index contributed by atoms with van der Waals surface area (Å²) < 4.78 is 0. The summed E-state index contributed by atoms with van der Waals surface area (Å²) in [5.74, 6) is 0.972. The Morgan fingerprint density at radius 1 is 1.59 bits per heavy atom. The Labute approximate surface area is 152 Å². The summed E-state index contributed by atoms with van der Waals surface area (Å²) >= 11 is 1.69. The number of likely N-dealkylation sites (N-methyl/N-ethyl adjacent to an activating group) is 1. The van der Waals surface area contributed by atoms with Crippen LogP contribution in [0.25, 0.3) is 0 Å². The van der Waals surface area contributed by atoms with E-state index in [9.17, 15) is 4.79 Å². The maximum Gasteiger partial charge on any atom is 0.222 e. The molecule has 1 amide bonds. The van der Waals surface area contributed by atoms with Crippen molar-refractivity contribution in [2.24, 2.45) is 4.99 Å². The largest absolute Gasteiger partial charge is 0.352 e. The normalized spacial score (nSPS) is 18.9. The van der Waals surface area contributed by atoms with Crippen LogP contribution in [0, 0.1) is 0 Å². The van der Waals surface area contributed by atoms with E-state index in [-0.39, 0.29) is 35.9 Å². The first-order valence-corrected chi connectivity index (χ1v) is 8.14. The summed E-state index contributed by atoms with van der Waals surface area (Å²) in [4.78, 5) is 22.0. The van der Waals surface area contributed by atoms with Gasteiger partial charge in [0.15, 0.2) is 5.96 Å². The zero-order valence-corrected chi connectivity index (χ0v) is 16.4. The lowest BCUT2D eigenvalue weighted by Crippen LogP contribution is -2.51. The quantitative estimate of drug-likeness (QED) is 0.427. The van der Waals surface area contributed by atoms with Crippen molar-refractivity contribution in [2.75, 3.05) is 20.6 Å². The molecule has 0 spiro atoms. The maximum atomic E-state index is 11.5. The molecule has 0 aliphatic carbocycles. The van der Waals surface area contributed by atoms with Crippen LogP contribution in [0.5, 0.6) is 0 Å². The number of amides is 1. The number of rotatable bonds is 4. The van der Waals surface area contributed by atoms with Crippen LogP contribution in [-0.4, -0.2) is 48.4 Å². The van der Waals surface area contributed by atoms with Gasteiger partial charge in [-0.05, 0) is 12.8 Å². The standard InChI is InChI=1S/C14H23N5OS.HI/c1-4-12-17-11(9-21-12)7-16-14(15-2)18-10-5-6-13(20)19(3)8-10;/h9-10H,4-8H2,1-3H3,(H2,15,16,18);1H. The number of likely N-dealkylation sites (tertiary alicyclic amines) is 1. The van der Waals surface area contributed by atoms with Crippen LogP contribution in [0.3, 0.4) is 0 Å². The lowest BCUT2D eigenvalue weighted by Gasteiger charge is -2.31. The van der Waals surface area contributed by atoms with Crippen LogP contribution in [0.4, 0.5) is 0 Å². The molecule has 0 bridgehead atoms. The van der Waals surface area contributed by atoms with Crippen molar-refractivity contribution in [2.45, 2.75) is 38.8 Å². The number of hydrogen-bond acceptors (Lipinski definition) is 4. The Kier molecular flexibility index (Phi) is 8.08. The van der Waals surface area contributed by atoms with Gasteiger partial charge in [-0.2, -0.15) is 0 Å². The molecule has 0 saturated carbocycles. The number of carbonyl (C=O) groups excluding carboxylic acids is 1. The Morgan fingerprint density at radius 3 is 2.95 bits per heavy atom. The highest BCUT2D eigenvalue weighted by molar-refractivity contribution is 14.0. The SMILES string of the molecule is CCc1nc(CNC(=NC)NC2CCC(=O)N(C)C2)cs1.I.